The van der Waals surface area contributed by atoms with E-state index in [9.17, 15) is 0 Å². The second-order valence-electron chi connectivity index (χ2n) is 3.39. The third kappa shape index (κ3) is 1.95. The van der Waals surface area contributed by atoms with Gasteiger partial charge >= 0.3 is 0 Å². The highest BCUT2D eigenvalue weighted by Gasteiger charge is 2.23. The van der Waals surface area contributed by atoms with Gasteiger partial charge in [0, 0.05) is 12.5 Å². The first-order valence-corrected chi connectivity index (χ1v) is 4.67. The van der Waals surface area contributed by atoms with Crippen molar-refractivity contribution >= 4 is 11.6 Å². The van der Waals surface area contributed by atoms with E-state index >= 15 is 0 Å². The lowest BCUT2D eigenvalue weighted by Gasteiger charge is -2.07. The predicted octanol–water partition coefficient (Wildman–Crippen LogP) is 0.944. The molecule has 1 aliphatic rings. The summed E-state index contributed by atoms with van der Waals surface area (Å²) in [6, 6.07) is 0. The summed E-state index contributed by atoms with van der Waals surface area (Å²) in [5.41, 5.74) is 0. The van der Waals surface area contributed by atoms with Gasteiger partial charge in [-0.2, -0.15) is 5.10 Å². The van der Waals surface area contributed by atoms with E-state index in [0.717, 1.165) is 25.3 Å². The fourth-order valence-electron chi connectivity index (χ4n) is 1.62. The van der Waals surface area contributed by atoms with Gasteiger partial charge in [0.1, 0.15) is 0 Å². The van der Waals surface area contributed by atoms with Crippen molar-refractivity contribution in [3.63, 3.8) is 0 Å². The number of rotatable bonds is 1. The average Bonchev–Trinajstić information content (AvgIpc) is 2.52. The van der Waals surface area contributed by atoms with E-state index in [4.69, 9.17) is 11.6 Å². The molecule has 1 unspecified atom stereocenters. The highest BCUT2D eigenvalue weighted by atomic mass is 35.5. The molecule has 5 heteroatoms. The maximum Gasteiger partial charge on any atom is 0.157 e. The highest BCUT2D eigenvalue weighted by molar-refractivity contribution is 6.29. The molecule has 4 nitrogen and oxygen atoms in total. The van der Waals surface area contributed by atoms with Crippen LogP contribution in [0.15, 0.2) is 6.20 Å². The topological polar surface area (TPSA) is 41.9 Å². The second-order valence-corrected chi connectivity index (χ2v) is 3.77. The number of likely N-dealkylation sites (N-methyl/N-ethyl adjacent to an activating group) is 1. The molecule has 1 aliphatic heterocycles. The van der Waals surface area contributed by atoms with Crippen molar-refractivity contribution in [3.8, 4) is 0 Å². The molecule has 0 aliphatic carbocycles. The SMILES string of the molecule is CN1CCC(c2nncc(Cl)n2)C1. The van der Waals surface area contributed by atoms with E-state index in [1.807, 2.05) is 0 Å². The molecule has 0 spiro atoms. The van der Waals surface area contributed by atoms with E-state index in [1.54, 1.807) is 0 Å². The molecule has 1 atom stereocenters. The lowest BCUT2D eigenvalue weighted by atomic mass is 10.1. The third-order valence-electron chi connectivity index (χ3n) is 2.30. The fourth-order valence-corrected chi connectivity index (χ4v) is 1.75. The third-order valence-corrected chi connectivity index (χ3v) is 2.48. The van der Waals surface area contributed by atoms with Crippen LogP contribution in [0.1, 0.15) is 18.2 Å². The van der Waals surface area contributed by atoms with Gasteiger partial charge in [-0.1, -0.05) is 11.6 Å². The van der Waals surface area contributed by atoms with Crippen LogP contribution in [0.25, 0.3) is 0 Å². The van der Waals surface area contributed by atoms with Crippen LogP contribution in [-0.2, 0) is 0 Å². The van der Waals surface area contributed by atoms with Gasteiger partial charge in [-0.25, -0.2) is 4.98 Å². The largest absolute Gasteiger partial charge is 0.306 e. The van der Waals surface area contributed by atoms with Crippen molar-refractivity contribution < 1.29 is 0 Å². The smallest absolute Gasteiger partial charge is 0.157 e. The molecule has 1 aromatic heterocycles. The maximum atomic E-state index is 5.73. The zero-order valence-corrected chi connectivity index (χ0v) is 8.20. The van der Waals surface area contributed by atoms with Gasteiger partial charge in [-0.15, -0.1) is 5.10 Å². The Labute approximate surface area is 81.9 Å². The molecular weight excluding hydrogens is 188 g/mol. The quantitative estimate of drug-likeness (QED) is 0.674. The molecule has 1 aromatic rings. The van der Waals surface area contributed by atoms with Crippen molar-refractivity contribution in [1.29, 1.82) is 0 Å². The van der Waals surface area contributed by atoms with Crippen LogP contribution in [0.5, 0.6) is 0 Å². The van der Waals surface area contributed by atoms with E-state index in [2.05, 4.69) is 27.1 Å². The van der Waals surface area contributed by atoms with Crippen molar-refractivity contribution in [2.24, 2.45) is 0 Å². The number of nitrogens with zero attached hydrogens (tertiary/aromatic N) is 4. The second kappa shape index (κ2) is 3.55. The first kappa shape index (κ1) is 8.84. The molecule has 1 saturated heterocycles. The summed E-state index contributed by atoms with van der Waals surface area (Å²) < 4.78 is 0. The monoisotopic (exact) mass is 198 g/mol. The molecule has 0 amide bonds. The van der Waals surface area contributed by atoms with Crippen molar-refractivity contribution in [2.75, 3.05) is 20.1 Å². The molecule has 0 bridgehead atoms. The molecule has 70 valence electrons. The number of likely N-dealkylation sites (tertiary alicyclic amines) is 1. The zero-order valence-electron chi connectivity index (χ0n) is 7.44. The molecule has 0 N–H and O–H groups in total. The van der Waals surface area contributed by atoms with Crippen LogP contribution in [0, 0.1) is 0 Å². The Balaban J connectivity index is 2.16. The number of hydrogen-bond donors (Lipinski definition) is 0. The van der Waals surface area contributed by atoms with Crippen LogP contribution >= 0.6 is 11.6 Å². The molecule has 2 rings (SSSR count). The van der Waals surface area contributed by atoms with Gasteiger partial charge in [0.25, 0.3) is 0 Å². The molecule has 0 aromatic carbocycles. The molecule has 0 saturated carbocycles. The lowest BCUT2D eigenvalue weighted by Crippen LogP contribution is -2.14. The number of halogens is 1. The van der Waals surface area contributed by atoms with Crippen LogP contribution < -0.4 is 0 Å². The summed E-state index contributed by atoms with van der Waals surface area (Å²) in [5, 5.41) is 8.20. The Morgan fingerprint density at radius 2 is 2.46 bits per heavy atom. The van der Waals surface area contributed by atoms with E-state index in [0.29, 0.717) is 11.1 Å². The molecule has 1 fully saturated rings. The van der Waals surface area contributed by atoms with Gasteiger partial charge < -0.3 is 4.90 Å². The Morgan fingerprint density at radius 3 is 3.08 bits per heavy atom. The summed E-state index contributed by atoms with van der Waals surface area (Å²) in [6.07, 6.45) is 2.56. The summed E-state index contributed by atoms with van der Waals surface area (Å²) >= 11 is 5.73. The van der Waals surface area contributed by atoms with Gasteiger partial charge in [-0.3, -0.25) is 0 Å². The molecule has 0 radical (unpaired) electrons. The van der Waals surface area contributed by atoms with Gasteiger partial charge in [0.2, 0.25) is 0 Å². The summed E-state index contributed by atoms with van der Waals surface area (Å²) in [4.78, 5) is 6.41. The summed E-state index contributed by atoms with van der Waals surface area (Å²) in [5.74, 6) is 1.17. The van der Waals surface area contributed by atoms with Crippen molar-refractivity contribution in [3.05, 3.63) is 17.2 Å². The predicted molar refractivity (Wildman–Crippen MR) is 49.7 cm³/mol. The van der Waals surface area contributed by atoms with Gasteiger partial charge in [-0.05, 0) is 20.0 Å². The first-order valence-electron chi connectivity index (χ1n) is 4.29. The minimum Gasteiger partial charge on any atom is -0.306 e. The average molecular weight is 199 g/mol. The molecule has 13 heavy (non-hydrogen) atoms. The molecule has 2 heterocycles. The Bertz CT molecular complexity index is 304. The molecular formula is C8H11ClN4. The van der Waals surface area contributed by atoms with Crippen LogP contribution in [0.4, 0.5) is 0 Å². The minimum atomic E-state index is 0.399. The van der Waals surface area contributed by atoms with Crippen LogP contribution in [0.3, 0.4) is 0 Å². The first-order chi connectivity index (χ1) is 6.25. The standard InChI is InChI=1S/C8H11ClN4/c1-13-3-2-6(5-13)8-11-7(9)4-10-12-8/h4,6H,2-3,5H2,1H3. The Kier molecular flexibility index (Phi) is 2.42. The summed E-state index contributed by atoms with van der Waals surface area (Å²) in [6.45, 7) is 2.10. The Hall–Kier alpha value is -0.740. The van der Waals surface area contributed by atoms with E-state index < -0.39 is 0 Å². The van der Waals surface area contributed by atoms with Crippen molar-refractivity contribution in [1.82, 2.24) is 20.1 Å². The Morgan fingerprint density at radius 1 is 1.62 bits per heavy atom. The summed E-state index contributed by atoms with van der Waals surface area (Å²) in [7, 11) is 2.10. The number of aromatic nitrogens is 3. The van der Waals surface area contributed by atoms with E-state index in [1.165, 1.54) is 6.20 Å². The van der Waals surface area contributed by atoms with Crippen molar-refractivity contribution in [2.45, 2.75) is 12.3 Å². The minimum absolute atomic E-state index is 0.399. The number of hydrogen-bond acceptors (Lipinski definition) is 4. The highest BCUT2D eigenvalue weighted by Crippen LogP contribution is 2.23. The van der Waals surface area contributed by atoms with Gasteiger partial charge in [0.05, 0.1) is 6.20 Å². The maximum absolute atomic E-state index is 5.73. The normalized spacial score (nSPS) is 23.7. The fraction of sp³-hybridized carbons (Fsp3) is 0.625. The van der Waals surface area contributed by atoms with E-state index in [-0.39, 0.29) is 0 Å². The lowest BCUT2D eigenvalue weighted by molar-refractivity contribution is 0.409. The van der Waals surface area contributed by atoms with Gasteiger partial charge in [0.15, 0.2) is 11.0 Å². The van der Waals surface area contributed by atoms with Crippen LogP contribution in [0.2, 0.25) is 5.15 Å². The van der Waals surface area contributed by atoms with Crippen LogP contribution in [-0.4, -0.2) is 40.2 Å². The zero-order chi connectivity index (χ0) is 9.26.